The molecule has 0 aliphatic carbocycles. The summed E-state index contributed by atoms with van der Waals surface area (Å²) in [5.41, 5.74) is 0. The van der Waals surface area contributed by atoms with Gasteiger partial charge in [0.05, 0.1) is 18.8 Å². The van der Waals surface area contributed by atoms with Gasteiger partial charge in [-0.05, 0) is 6.92 Å². The topological polar surface area (TPSA) is 29.5 Å². The van der Waals surface area contributed by atoms with Crippen molar-refractivity contribution in [2.24, 2.45) is 0 Å². The minimum atomic E-state index is -0.567. The Labute approximate surface area is 61.8 Å². The predicted octanol–water partition coefficient (Wildman–Crippen LogP) is 1.12. The number of aliphatic hydroxyl groups excluding tert-OH is 1. The predicted molar refractivity (Wildman–Crippen MR) is 41.8 cm³/mol. The van der Waals surface area contributed by atoms with Crippen LogP contribution in [0.15, 0.2) is 25.3 Å². The Bertz CT molecular complexity index is 95.8. The summed E-state index contributed by atoms with van der Waals surface area (Å²) in [4.78, 5) is 0. The van der Waals surface area contributed by atoms with Gasteiger partial charge in [0.25, 0.3) is 0 Å². The zero-order valence-electron chi connectivity index (χ0n) is 6.29. The molecule has 0 bridgehead atoms. The smallest absolute Gasteiger partial charge is 0.0952 e. The second kappa shape index (κ2) is 5.21. The van der Waals surface area contributed by atoms with Crippen molar-refractivity contribution in [3.63, 3.8) is 0 Å². The van der Waals surface area contributed by atoms with Gasteiger partial charge in [0, 0.05) is 0 Å². The Morgan fingerprint density at radius 3 is 2.50 bits per heavy atom. The summed E-state index contributed by atoms with van der Waals surface area (Å²) >= 11 is 0. The van der Waals surface area contributed by atoms with E-state index in [1.165, 1.54) is 6.08 Å². The molecule has 0 heterocycles. The van der Waals surface area contributed by atoms with Crippen molar-refractivity contribution in [3.05, 3.63) is 25.3 Å². The summed E-state index contributed by atoms with van der Waals surface area (Å²) in [7, 11) is 0. The average Bonchev–Trinajstić information content (AvgIpc) is 1.99. The summed E-state index contributed by atoms with van der Waals surface area (Å²) in [5.74, 6) is 0. The quantitative estimate of drug-likeness (QED) is 0.583. The van der Waals surface area contributed by atoms with Crippen LogP contribution in [0.1, 0.15) is 6.92 Å². The van der Waals surface area contributed by atoms with Crippen LogP contribution < -0.4 is 0 Å². The fraction of sp³-hybridized carbons (Fsp3) is 0.500. The molecule has 0 saturated heterocycles. The first-order chi connectivity index (χ1) is 4.70. The Balaban J connectivity index is 3.34. The van der Waals surface area contributed by atoms with Crippen LogP contribution >= 0.6 is 0 Å². The fourth-order valence-electron chi connectivity index (χ4n) is 0.386. The molecule has 0 aliphatic heterocycles. The Kier molecular flexibility index (Phi) is 4.89. The van der Waals surface area contributed by atoms with Gasteiger partial charge in [-0.25, -0.2) is 0 Å². The summed E-state index contributed by atoms with van der Waals surface area (Å²) in [6.07, 6.45) is 2.54. The first-order valence-corrected chi connectivity index (χ1v) is 3.25. The number of ether oxygens (including phenoxy) is 1. The largest absolute Gasteiger partial charge is 0.387 e. The van der Waals surface area contributed by atoms with Crippen molar-refractivity contribution >= 4 is 0 Å². The van der Waals surface area contributed by atoms with Gasteiger partial charge in [0.15, 0.2) is 0 Å². The van der Waals surface area contributed by atoms with Crippen molar-refractivity contribution in [3.8, 4) is 0 Å². The third-order valence-corrected chi connectivity index (χ3v) is 1.13. The van der Waals surface area contributed by atoms with E-state index in [1.807, 2.05) is 6.92 Å². The van der Waals surface area contributed by atoms with Crippen LogP contribution in [0.3, 0.4) is 0 Å². The number of aliphatic hydroxyl groups is 1. The highest BCUT2D eigenvalue weighted by molar-refractivity contribution is 4.80. The molecule has 0 aliphatic rings. The highest BCUT2D eigenvalue weighted by Crippen LogP contribution is 1.93. The molecule has 0 aromatic rings. The molecule has 10 heavy (non-hydrogen) atoms. The maximum Gasteiger partial charge on any atom is 0.0952 e. The SMILES string of the molecule is C=CC(O)COC(C)C=C. The van der Waals surface area contributed by atoms with E-state index in [1.54, 1.807) is 6.08 Å². The van der Waals surface area contributed by atoms with E-state index >= 15 is 0 Å². The zero-order valence-corrected chi connectivity index (χ0v) is 6.29. The monoisotopic (exact) mass is 142 g/mol. The fourth-order valence-corrected chi connectivity index (χ4v) is 0.386. The van der Waals surface area contributed by atoms with Crippen molar-refractivity contribution in [2.45, 2.75) is 19.1 Å². The van der Waals surface area contributed by atoms with Crippen LogP contribution in [0, 0.1) is 0 Å². The molecule has 2 atom stereocenters. The Morgan fingerprint density at radius 2 is 2.10 bits per heavy atom. The van der Waals surface area contributed by atoms with E-state index in [0.29, 0.717) is 0 Å². The molecule has 0 saturated carbocycles. The molecule has 2 nitrogen and oxygen atoms in total. The van der Waals surface area contributed by atoms with Crippen LogP contribution in [0.5, 0.6) is 0 Å². The molecule has 58 valence electrons. The third-order valence-electron chi connectivity index (χ3n) is 1.13. The highest BCUT2D eigenvalue weighted by Gasteiger charge is 1.99. The Hall–Kier alpha value is -0.600. The van der Waals surface area contributed by atoms with E-state index in [2.05, 4.69) is 13.2 Å². The number of hydrogen-bond donors (Lipinski definition) is 1. The minimum absolute atomic E-state index is 0.00500. The molecule has 1 N–H and O–H groups in total. The van der Waals surface area contributed by atoms with Gasteiger partial charge >= 0.3 is 0 Å². The maximum atomic E-state index is 8.92. The first-order valence-electron chi connectivity index (χ1n) is 3.25. The standard InChI is InChI=1S/C8H14O2/c1-4-7(3)10-6-8(9)5-2/h4-5,7-9H,1-2,6H2,3H3. The lowest BCUT2D eigenvalue weighted by Gasteiger charge is -2.09. The van der Waals surface area contributed by atoms with Crippen LogP contribution in [-0.2, 0) is 4.74 Å². The maximum absolute atomic E-state index is 8.92. The molecule has 0 aromatic carbocycles. The van der Waals surface area contributed by atoms with Crippen LogP contribution in [0.4, 0.5) is 0 Å². The van der Waals surface area contributed by atoms with Gasteiger partial charge in [0.1, 0.15) is 0 Å². The molecule has 0 rings (SSSR count). The molecule has 0 spiro atoms. The molecule has 2 heteroatoms. The second-order valence-electron chi connectivity index (χ2n) is 2.08. The van der Waals surface area contributed by atoms with Crippen molar-refractivity contribution < 1.29 is 9.84 Å². The van der Waals surface area contributed by atoms with Gasteiger partial charge in [-0.2, -0.15) is 0 Å². The zero-order chi connectivity index (χ0) is 7.98. The van der Waals surface area contributed by atoms with Crippen LogP contribution in [0.25, 0.3) is 0 Å². The van der Waals surface area contributed by atoms with Crippen molar-refractivity contribution in [2.75, 3.05) is 6.61 Å². The van der Waals surface area contributed by atoms with Gasteiger partial charge < -0.3 is 9.84 Å². The molecular formula is C8H14O2. The molecule has 0 amide bonds. The third kappa shape index (κ3) is 4.30. The minimum Gasteiger partial charge on any atom is -0.387 e. The lowest BCUT2D eigenvalue weighted by Crippen LogP contribution is -2.16. The van der Waals surface area contributed by atoms with E-state index in [-0.39, 0.29) is 12.7 Å². The van der Waals surface area contributed by atoms with Crippen LogP contribution in [0.2, 0.25) is 0 Å². The number of hydrogen-bond acceptors (Lipinski definition) is 2. The molecule has 2 unspecified atom stereocenters. The molecular weight excluding hydrogens is 128 g/mol. The van der Waals surface area contributed by atoms with Crippen molar-refractivity contribution in [1.82, 2.24) is 0 Å². The van der Waals surface area contributed by atoms with E-state index in [0.717, 1.165) is 0 Å². The van der Waals surface area contributed by atoms with Crippen molar-refractivity contribution in [1.29, 1.82) is 0 Å². The molecule has 0 aromatic heterocycles. The normalized spacial score (nSPS) is 15.8. The second-order valence-corrected chi connectivity index (χ2v) is 2.08. The number of rotatable bonds is 5. The lowest BCUT2D eigenvalue weighted by atomic mass is 10.3. The van der Waals surface area contributed by atoms with Gasteiger partial charge in [0.2, 0.25) is 0 Å². The van der Waals surface area contributed by atoms with Gasteiger partial charge in [-0.1, -0.05) is 12.2 Å². The Morgan fingerprint density at radius 1 is 1.50 bits per heavy atom. The lowest BCUT2D eigenvalue weighted by molar-refractivity contribution is 0.0365. The van der Waals surface area contributed by atoms with Gasteiger partial charge in [-0.15, -0.1) is 13.2 Å². The van der Waals surface area contributed by atoms with Gasteiger partial charge in [-0.3, -0.25) is 0 Å². The van der Waals surface area contributed by atoms with E-state index in [4.69, 9.17) is 9.84 Å². The van der Waals surface area contributed by atoms with E-state index < -0.39 is 6.10 Å². The molecule has 0 fully saturated rings. The molecule has 0 radical (unpaired) electrons. The summed E-state index contributed by atoms with van der Waals surface area (Å²) in [6.45, 7) is 9.09. The summed E-state index contributed by atoms with van der Waals surface area (Å²) in [5, 5.41) is 8.92. The van der Waals surface area contributed by atoms with E-state index in [9.17, 15) is 0 Å². The average molecular weight is 142 g/mol. The highest BCUT2D eigenvalue weighted by atomic mass is 16.5. The first kappa shape index (κ1) is 9.40. The van der Waals surface area contributed by atoms with Crippen LogP contribution in [-0.4, -0.2) is 23.9 Å². The summed E-state index contributed by atoms with van der Waals surface area (Å²) < 4.78 is 5.10. The summed E-state index contributed by atoms with van der Waals surface area (Å²) in [6, 6.07) is 0.